The summed E-state index contributed by atoms with van der Waals surface area (Å²) in [5, 5.41) is 16.2. The molecule has 0 aliphatic carbocycles. The highest BCUT2D eigenvalue weighted by molar-refractivity contribution is 7.86. The zero-order valence-electron chi connectivity index (χ0n) is 23.7. The fourth-order valence-corrected chi connectivity index (χ4v) is 3.69. The number of halogens is 24. The van der Waals surface area contributed by atoms with Crippen LogP contribution in [0.1, 0.15) is 12.8 Å². The van der Waals surface area contributed by atoms with Crippen LogP contribution in [0.4, 0.5) is 105 Å². The Morgan fingerprint density at radius 3 is 0.712 bits per heavy atom. The molecule has 4 N–H and O–H groups in total. The minimum atomic E-state index is -7.81. The standard InChI is InChI=1S/2C7H4F12O3S.C4H10O2/c2*8-2(9)4(12,13)6(16,17)7(18,19)5(14,15)3(10,11)1-23(20,21)22;5-3-1-2-4-6/h2*2H,1H2,(H,20,21,22);5-6H,1-4H2. The van der Waals surface area contributed by atoms with Gasteiger partial charge in [-0.05, 0) is 12.8 Å². The summed E-state index contributed by atoms with van der Waals surface area (Å²) in [6.45, 7) is 0.390. The lowest BCUT2D eigenvalue weighted by molar-refractivity contribution is -0.410. The maximum absolute atomic E-state index is 12.9. The van der Waals surface area contributed by atoms with E-state index in [0.29, 0.717) is 0 Å². The first-order valence-corrected chi connectivity index (χ1v) is 14.9. The normalized spacial score (nSPS) is 15.3. The van der Waals surface area contributed by atoms with E-state index >= 15 is 0 Å². The van der Waals surface area contributed by atoms with Crippen LogP contribution in [0.2, 0.25) is 0 Å². The Hall–Kier alpha value is -1.94. The molecule has 0 spiro atoms. The van der Waals surface area contributed by atoms with E-state index in [1.165, 1.54) is 0 Å². The summed E-state index contributed by atoms with van der Waals surface area (Å²) in [5.41, 5.74) is 0. The van der Waals surface area contributed by atoms with Crippen molar-refractivity contribution in [1.29, 1.82) is 0 Å². The highest BCUT2D eigenvalue weighted by atomic mass is 32.2. The smallest absolute Gasteiger partial charge is 0.384 e. The minimum Gasteiger partial charge on any atom is -0.396 e. The summed E-state index contributed by atoms with van der Waals surface area (Å²) in [6.07, 6.45) is -9.85. The molecule has 0 bridgehead atoms. The number of aliphatic hydroxyl groups excluding tert-OH is 2. The number of rotatable bonds is 17. The van der Waals surface area contributed by atoms with Gasteiger partial charge in [-0.25, -0.2) is 17.6 Å². The van der Waals surface area contributed by atoms with E-state index in [2.05, 4.69) is 0 Å². The number of unbranched alkanes of at least 4 members (excludes halogenated alkanes) is 1. The molecular formula is C18H18F24O8S2. The summed E-state index contributed by atoms with van der Waals surface area (Å²) in [7, 11) is -12.3. The van der Waals surface area contributed by atoms with Gasteiger partial charge in [-0.1, -0.05) is 0 Å². The second kappa shape index (κ2) is 16.8. The van der Waals surface area contributed by atoms with E-state index in [4.69, 9.17) is 19.3 Å². The Bertz CT molecular complexity index is 1250. The zero-order chi connectivity index (χ0) is 43.4. The predicted molar refractivity (Wildman–Crippen MR) is 118 cm³/mol. The van der Waals surface area contributed by atoms with Gasteiger partial charge in [-0.2, -0.15) is 105 Å². The average Bonchev–Trinajstić information content (AvgIpc) is 2.88. The molecule has 0 aromatic carbocycles. The maximum Gasteiger partial charge on any atom is 0.384 e. The molecule has 0 fully saturated rings. The summed E-state index contributed by atoms with van der Waals surface area (Å²) < 4.78 is 357. The first-order chi connectivity index (χ1) is 22.2. The molecule has 318 valence electrons. The molecule has 0 rings (SSSR count). The molecule has 0 saturated carbocycles. The average molecular weight is 882 g/mol. The lowest BCUT2D eigenvalue weighted by Gasteiger charge is -2.38. The van der Waals surface area contributed by atoms with Gasteiger partial charge >= 0.3 is 72.1 Å². The van der Waals surface area contributed by atoms with Crippen molar-refractivity contribution in [2.24, 2.45) is 0 Å². The molecule has 0 unspecified atom stereocenters. The van der Waals surface area contributed by atoms with E-state index in [9.17, 15) is 122 Å². The van der Waals surface area contributed by atoms with E-state index in [1.54, 1.807) is 0 Å². The first-order valence-electron chi connectivity index (χ1n) is 11.7. The fraction of sp³-hybridized carbons (Fsp3) is 1.00. The molecule has 34 heteroatoms. The van der Waals surface area contributed by atoms with E-state index < -0.39 is 104 Å². The van der Waals surface area contributed by atoms with Crippen molar-refractivity contribution in [3.8, 4) is 0 Å². The highest BCUT2D eigenvalue weighted by Gasteiger charge is 2.89. The van der Waals surface area contributed by atoms with Gasteiger partial charge < -0.3 is 10.2 Å². The second-order valence-electron chi connectivity index (χ2n) is 9.31. The highest BCUT2D eigenvalue weighted by Crippen LogP contribution is 2.59. The van der Waals surface area contributed by atoms with Gasteiger partial charge in [0.2, 0.25) is 0 Å². The fourth-order valence-electron chi connectivity index (χ4n) is 2.41. The SMILES string of the molecule is O=S(=O)(O)CC(F)(F)C(F)(F)C(F)(F)C(F)(F)C(F)(F)C(F)F.O=S(=O)(O)CC(F)(F)C(F)(F)C(F)(F)C(F)(F)C(F)(F)C(F)F.OCCCCO. The molecule has 0 atom stereocenters. The Balaban J connectivity index is -0.000000797. The van der Waals surface area contributed by atoms with Gasteiger partial charge in [0.25, 0.3) is 20.2 Å². The van der Waals surface area contributed by atoms with E-state index in [0.717, 1.165) is 12.8 Å². The summed E-state index contributed by atoms with van der Waals surface area (Å²) in [6, 6.07) is 0. The van der Waals surface area contributed by atoms with Gasteiger partial charge in [-0.3, -0.25) is 9.11 Å². The molecule has 0 aromatic heterocycles. The van der Waals surface area contributed by atoms with Crippen LogP contribution in [-0.2, 0) is 20.2 Å². The Morgan fingerprint density at radius 2 is 0.577 bits per heavy atom. The number of hydrogen-bond donors (Lipinski definition) is 4. The third-order valence-electron chi connectivity index (χ3n) is 5.18. The first kappa shape index (κ1) is 54.4. The van der Waals surface area contributed by atoms with Crippen molar-refractivity contribution in [2.45, 2.75) is 84.9 Å². The van der Waals surface area contributed by atoms with Crippen molar-refractivity contribution in [3.63, 3.8) is 0 Å². The number of alkyl halides is 24. The molecule has 52 heavy (non-hydrogen) atoms. The molecule has 0 aliphatic rings. The third-order valence-corrected chi connectivity index (χ3v) is 6.63. The van der Waals surface area contributed by atoms with Crippen molar-refractivity contribution in [2.75, 3.05) is 24.7 Å². The summed E-state index contributed by atoms with van der Waals surface area (Å²) in [5.74, 6) is -80.9. The molecule has 8 nitrogen and oxygen atoms in total. The Labute approximate surface area is 272 Å². The van der Waals surface area contributed by atoms with Crippen molar-refractivity contribution in [1.82, 2.24) is 0 Å². The number of hydrogen-bond acceptors (Lipinski definition) is 6. The van der Waals surface area contributed by atoms with Crippen molar-refractivity contribution >= 4 is 20.2 Å². The Morgan fingerprint density at radius 1 is 0.385 bits per heavy atom. The van der Waals surface area contributed by atoms with Crippen LogP contribution in [0.25, 0.3) is 0 Å². The molecule has 0 saturated heterocycles. The van der Waals surface area contributed by atoms with Crippen LogP contribution in [0.3, 0.4) is 0 Å². The van der Waals surface area contributed by atoms with Crippen LogP contribution in [-0.4, -0.2) is 133 Å². The minimum absolute atomic E-state index is 0.195. The Kier molecular flexibility index (Phi) is 17.6. The molecule has 0 heterocycles. The summed E-state index contributed by atoms with van der Waals surface area (Å²) >= 11 is 0. The second-order valence-corrected chi connectivity index (χ2v) is 12.2. The van der Waals surface area contributed by atoms with Gasteiger partial charge in [0.15, 0.2) is 0 Å². The zero-order valence-corrected chi connectivity index (χ0v) is 25.3. The number of aliphatic hydroxyl groups is 2. The van der Waals surface area contributed by atoms with Crippen LogP contribution < -0.4 is 0 Å². The third kappa shape index (κ3) is 11.3. The van der Waals surface area contributed by atoms with Crippen LogP contribution in [0.15, 0.2) is 0 Å². The largest absolute Gasteiger partial charge is 0.396 e. The van der Waals surface area contributed by atoms with Gasteiger partial charge in [0.1, 0.15) is 11.5 Å². The lowest BCUT2D eigenvalue weighted by Crippen LogP contribution is -2.69. The van der Waals surface area contributed by atoms with Gasteiger partial charge in [0, 0.05) is 13.2 Å². The molecule has 0 aromatic rings. The topological polar surface area (TPSA) is 149 Å². The quantitative estimate of drug-likeness (QED) is 0.0748. The maximum atomic E-state index is 12.9. The van der Waals surface area contributed by atoms with Crippen LogP contribution in [0.5, 0.6) is 0 Å². The molecule has 0 radical (unpaired) electrons. The van der Waals surface area contributed by atoms with Crippen LogP contribution >= 0.6 is 0 Å². The lowest BCUT2D eigenvalue weighted by atomic mass is 9.95. The summed E-state index contributed by atoms with van der Waals surface area (Å²) in [4.78, 5) is 0. The van der Waals surface area contributed by atoms with Crippen molar-refractivity contribution in [3.05, 3.63) is 0 Å². The van der Waals surface area contributed by atoms with E-state index in [-0.39, 0.29) is 13.2 Å². The molecule has 0 amide bonds. The monoisotopic (exact) mass is 882 g/mol. The van der Waals surface area contributed by atoms with Crippen molar-refractivity contribution < 1.29 is 142 Å². The van der Waals surface area contributed by atoms with Gasteiger partial charge in [-0.15, -0.1) is 0 Å². The van der Waals surface area contributed by atoms with E-state index in [1.807, 2.05) is 0 Å². The molecule has 0 aliphatic heterocycles. The predicted octanol–water partition coefficient (Wildman–Crippen LogP) is 6.38. The van der Waals surface area contributed by atoms with Gasteiger partial charge in [0.05, 0.1) is 0 Å². The van der Waals surface area contributed by atoms with Crippen LogP contribution in [0, 0.1) is 0 Å². The molecular weight excluding hydrogens is 864 g/mol.